The van der Waals surface area contributed by atoms with Crippen molar-refractivity contribution in [3.8, 4) is 10.7 Å². The van der Waals surface area contributed by atoms with E-state index in [4.69, 9.17) is 5.11 Å². The number of carbonyl (C=O) groups is 1. The molecule has 2 N–H and O–H groups in total. The molecule has 4 aromatic rings. The van der Waals surface area contributed by atoms with Gasteiger partial charge in [0, 0.05) is 5.39 Å². The standard InChI is InChI=1S/C15H9N3O2S/c19-15(20)8-5-6-11-12(7-8)21-14(16-11)13-9-3-1-2-4-10(9)17-18-13/h1-7H,(H,17,18)(H,19,20). The second kappa shape index (κ2) is 4.39. The molecule has 2 aromatic heterocycles. The molecule has 102 valence electrons. The lowest BCUT2D eigenvalue weighted by molar-refractivity contribution is 0.0697. The molecule has 0 saturated heterocycles. The predicted octanol–water partition coefficient (Wildman–Crippen LogP) is 3.54. The Balaban J connectivity index is 1.92. The largest absolute Gasteiger partial charge is 0.478 e. The van der Waals surface area contributed by atoms with Crippen LogP contribution >= 0.6 is 11.3 Å². The molecule has 0 unspecified atom stereocenters. The maximum atomic E-state index is 11.0. The van der Waals surface area contributed by atoms with Gasteiger partial charge in [-0.3, -0.25) is 5.10 Å². The Bertz CT molecular complexity index is 987. The van der Waals surface area contributed by atoms with Crippen LogP contribution in [-0.4, -0.2) is 26.3 Å². The summed E-state index contributed by atoms with van der Waals surface area (Å²) in [5.41, 5.74) is 2.80. The Kier molecular flexibility index (Phi) is 2.52. The van der Waals surface area contributed by atoms with Crippen molar-refractivity contribution in [3.05, 3.63) is 48.0 Å². The average Bonchev–Trinajstić information content (AvgIpc) is 3.09. The van der Waals surface area contributed by atoms with Gasteiger partial charge < -0.3 is 5.11 Å². The number of carboxylic acid groups (broad SMARTS) is 1. The molecule has 0 atom stereocenters. The van der Waals surface area contributed by atoms with E-state index >= 15 is 0 Å². The number of nitrogens with one attached hydrogen (secondary N) is 1. The van der Waals surface area contributed by atoms with Gasteiger partial charge in [-0.15, -0.1) is 11.3 Å². The molecule has 0 bridgehead atoms. The van der Waals surface area contributed by atoms with Crippen molar-refractivity contribution in [2.24, 2.45) is 0 Å². The number of hydrogen-bond donors (Lipinski definition) is 2. The van der Waals surface area contributed by atoms with Gasteiger partial charge in [-0.25, -0.2) is 9.78 Å². The van der Waals surface area contributed by atoms with Crippen LogP contribution in [0.25, 0.3) is 31.8 Å². The van der Waals surface area contributed by atoms with Crippen molar-refractivity contribution in [2.75, 3.05) is 0 Å². The van der Waals surface area contributed by atoms with E-state index in [2.05, 4.69) is 15.2 Å². The minimum absolute atomic E-state index is 0.268. The first-order valence-electron chi connectivity index (χ1n) is 6.30. The summed E-state index contributed by atoms with van der Waals surface area (Å²) in [5, 5.41) is 18.1. The monoisotopic (exact) mass is 295 g/mol. The minimum Gasteiger partial charge on any atom is -0.478 e. The summed E-state index contributed by atoms with van der Waals surface area (Å²) in [4.78, 5) is 15.6. The van der Waals surface area contributed by atoms with E-state index in [1.54, 1.807) is 18.2 Å². The molecule has 6 heteroatoms. The number of fused-ring (bicyclic) bond motifs is 2. The molecule has 0 aliphatic rings. The molecule has 0 aliphatic carbocycles. The molecule has 4 rings (SSSR count). The number of benzene rings is 2. The average molecular weight is 295 g/mol. The normalized spacial score (nSPS) is 11.2. The van der Waals surface area contributed by atoms with E-state index in [9.17, 15) is 4.79 Å². The van der Waals surface area contributed by atoms with Crippen LogP contribution in [0.15, 0.2) is 42.5 Å². The fraction of sp³-hybridized carbons (Fsp3) is 0. The highest BCUT2D eigenvalue weighted by molar-refractivity contribution is 7.21. The number of hydrogen-bond acceptors (Lipinski definition) is 4. The quantitative estimate of drug-likeness (QED) is 0.593. The Morgan fingerprint density at radius 3 is 2.90 bits per heavy atom. The van der Waals surface area contributed by atoms with Gasteiger partial charge in [-0.05, 0) is 24.3 Å². The Hall–Kier alpha value is -2.73. The lowest BCUT2D eigenvalue weighted by Gasteiger charge is -1.91. The second-order valence-corrected chi connectivity index (χ2v) is 5.66. The molecule has 0 amide bonds. The number of H-pyrrole nitrogens is 1. The maximum Gasteiger partial charge on any atom is 0.335 e. The molecule has 5 nitrogen and oxygen atoms in total. The second-order valence-electron chi connectivity index (χ2n) is 4.62. The number of aromatic carboxylic acids is 1. The Labute approximate surface area is 122 Å². The summed E-state index contributed by atoms with van der Waals surface area (Å²) in [5.74, 6) is -0.933. The van der Waals surface area contributed by atoms with Gasteiger partial charge in [0.2, 0.25) is 0 Å². The van der Waals surface area contributed by atoms with Crippen LogP contribution < -0.4 is 0 Å². The van der Waals surface area contributed by atoms with E-state index < -0.39 is 5.97 Å². The molecular formula is C15H9N3O2S. The van der Waals surface area contributed by atoms with Crippen molar-refractivity contribution in [3.63, 3.8) is 0 Å². The van der Waals surface area contributed by atoms with Crippen LogP contribution in [0.2, 0.25) is 0 Å². The number of para-hydroxylation sites is 1. The molecule has 0 spiro atoms. The highest BCUT2D eigenvalue weighted by Crippen LogP contribution is 2.33. The zero-order valence-corrected chi connectivity index (χ0v) is 11.5. The fourth-order valence-electron chi connectivity index (χ4n) is 2.29. The van der Waals surface area contributed by atoms with Crippen molar-refractivity contribution in [2.45, 2.75) is 0 Å². The molecule has 0 saturated carbocycles. The molecular weight excluding hydrogens is 286 g/mol. The summed E-state index contributed by atoms with van der Waals surface area (Å²) in [6, 6.07) is 12.8. The number of aromatic nitrogens is 3. The van der Waals surface area contributed by atoms with Gasteiger partial charge in [0.1, 0.15) is 10.7 Å². The molecule has 0 aliphatic heterocycles. The molecule has 0 fully saturated rings. The minimum atomic E-state index is -0.933. The van der Waals surface area contributed by atoms with Gasteiger partial charge in [0.15, 0.2) is 0 Å². The van der Waals surface area contributed by atoms with E-state index in [1.165, 1.54) is 11.3 Å². The number of carboxylic acids is 1. The number of thiazole rings is 1. The van der Waals surface area contributed by atoms with Crippen LogP contribution in [0.5, 0.6) is 0 Å². The first-order valence-corrected chi connectivity index (χ1v) is 7.11. The number of aromatic amines is 1. The molecule has 2 heterocycles. The maximum absolute atomic E-state index is 11.0. The highest BCUT2D eigenvalue weighted by Gasteiger charge is 2.14. The van der Waals surface area contributed by atoms with Crippen molar-refractivity contribution < 1.29 is 9.90 Å². The predicted molar refractivity (Wildman–Crippen MR) is 81.7 cm³/mol. The van der Waals surface area contributed by atoms with Crippen molar-refractivity contribution >= 4 is 38.4 Å². The lowest BCUT2D eigenvalue weighted by Crippen LogP contribution is -1.94. The van der Waals surface area contributed by atoms with Crippen LogP contribution in [0, 0.1) is 0 Å². The summed E-state index contributed by atoms with van der Waals surface area (Å²) >= 11 is 1.44. The van der Waals surface area contributed by atoms with E-state index in [1.807, 2.05) is 24.3 Å². The van der Waals surface area contributed by atoms with Gasteiger partial charge in [-0.1, -0.05) is 18.2 Å². The van der Waals surface area contributed by atoms with Gasteiger partial charge in [-0.2, -0.15) is 5.10 Å². The number of rotatable bonds is 2. The Morgan fingerprint density at radius 1 is 1.19 bits per heavy atom. The van der Waals surface area contributed by atoms with Crippen LogP contribution in [0.1, 0.15) is 10.4 Å². The van der Waals surface area contributed by atoms with E-state index in [0.29, 0.717) is 0 Å². The summed E-state index contributed by atoms with van der Waals surface area (Å²) in [6.07, 6.45) is 0. The summed E-state index contributed by atoms with van der Waals surface area (Å²) in [6.45, 7) is 0. The summed E-state index contributed by atoms with van der Waals surface area (Å²) < 4.78 is 0.844. The molecule has 0 radical (unpaired) electrons. The lowest BCUT2D eigenvalue weighted by atomic mass is 10.2. The SMILES string of the molecule is O=C(O)c1ccc2nc(-c3n[nH]c4ccccc34)sc2c1. The fourth-order valence-corrected chi connectivity index (χ4v) is 3.29. The van der Waals surface area contributed by atoms with Gasteiger partial charge >= 0.3 is 5.97 Å². The van der Waals surface area contributed by atoms with Crippen molar-refractivity contribution in [1.29, 1.82) is 0 Å². The summed E-state index contributed by atoms with van der Waals surface area (Å²) in [7, 11) is 0. The van der Waals surface area contributed by atoms with Gasteiger partial charge in [0.05, 0.1) is 21.3 Å². The van der Waals surface area contributed by atoms with E-state index in [0.717, 1.165) is 31.8 Å². The first kappa shape index (κ1) is 12.0. The van der Waals surface area contributed by atoms with Crippen LogP contribution in [0.3, 0.4) is 0 Å². The zero-order valence-electron chi connectivity index (χ0n) is 10.7. The highest BCUT2D eigenvalue weighted by atomic mass is 32.1. The third-order valence-corrected chi connectivity index (χ3v) is 4.33. The van der Waals surface area contributed by atoms with Crippen molar-refractivity contribution in [1.82, 2.24) is 15.2 Å². The first-order chi connectivity index (χ1) is 10.2. The third-order valence-electron chi connectivity index (χ3n) is 3.31. The molecule has 21 heavy (non-hydrogen) atoms. The topological polar surface area (TPSA) is 78.9 Å². The Morgan fingerprint density at radius 2 is 2.05 bits per heavy atom. The van der Waals surface area contributed by atoms with E-state index in [-0.39, 0.29) is 5.56 Å². The van der Waals surface area contributed by atoms with Crippen LogP contribution in [-0.2, 0) is 0 Å². The van der Waals surface area contributed by atoms with Gasteiger partial charge in [0.25, 0.3) is 0 Å². The molecule has 2 aromatic carbocycles. The third kappa shape index (κ3) is 1.88. The number of nitrogens with zero attached hydrogens (tertiary/aromatic N) is 2. The smallest absolute Gasteiger partial charge is 0.335 e. The zero-order chi connectivity index (χ0) is 14.4. The van der Waals surface area contributed by atoms with Crippen LogP contribution in [0.4, 0.5) is 0 Å².